The standard InChI is InChI=1S/C27H27N3O9S/c1-5-38-24-18(7-6-8-20(24)37-4)23-22(26(33)39-12-11-36-3)15(2)28-27-29(23)25(32)21(40-27)14-16-13-17(30(34)35)9-10-19(16)31/h6-10,13-14,23,31H,5,11-12H2,1-4H3/b21-14+/t23-/m1/s1. The van der Waals surface area contributed by atoms with Crippen LogP contribution in [0.3, 0.4) is 0 Å². The number of esters is 1. The number of phenols is 1. The predicted molar refractivity (Wildman–Crippen MR) is 146 cm³/mol. The first kappa shape index (κ1) is 28.5. The molecular formula is C27H27N3O9S. The summed E-state index contributed by atoms with van der Waals surface area (Å²) in [4.78, 5) is 42.7. The van der Waals surface area contributed by atoms with Crippen LogP contribution >= 0.6 is 11.3 Å². The number of nitrogens with zero attached hydrogens (tertiary/aromatic N) is 3. The van der Waals surface area contributed by atoms with Gasteiger partial charge in [0, 0.05) is 30.4 Å². The average Bonchev–Trinajstić information content (AvgIpc) is 3.23. The Bertz CT molecular complexity index is 1670. The minimum Gasteiger partial charge on any atom is -0.507 e. The number of hydrogen-bond donors (Lipinski definition) is 1. The number of non-ortho nitro benzene ring substituents is 1. The minimum absolute atomic E-state index is 0.00819. The van der Waals surface area contributed by atoms with E-state index >= 15 is 0 Å². The van der Waals surface area contributed by atoms with Crippen LogP contribution in [-0.4, -0.2) is 54.6 Å². The molecule has 0 spiro atoms. The molecule has 0 amide bonds. The highest BCUT2D eigenvalue weighted by molar-refractivity contribution is 7.07. The number of para-hydroxylation sites is 1. The number of aromatic hydroxyl groups is 1. The minimum atomic E-state index is -0.996. The van der Waals surface area contributed by atoms with Crippen molar-refractivity contribution in [3.8, 4) is 17.2 Å². The number of rotatable bonds is 10. The van der Waals surface area contributed by atoms with E-state index in [2.05, 4.69) is 4.99 Å². The summed E-state index contributed by atoms with van der Waals surface area (Å²) >= 11 is 1.02. The molecule has 2 heterocycles. The van der Waals surface area contributed by atoms with Crippen LogP contribution in [0.5, 0.6) is 17.2 Å². The van der Waals surface area contributed by atoms with Crippen LogP contribution in [0.4, 0.5) is 5.69 Å². The molecule has 210 valence electrons. The number of nitro benzene ring substituents is 1. The normalized spacial score (nSPS) is 14.9. The lowest BCUT2D eigenvalue weighted by Gasteiger charge is -2.27. The van der Waals surface area contributed by atoms with Gasteiger partial charge >= 0.3 is 5.97 Å². The average molecular weight is 570 g/mol. The summed E-state index contributed by atoms with van der Waals surface area (Å²) in [6.07, 6.45) is 1.36. The Balaban J connectivity index is 1.99. The van der Waals surface area contributed by atoms with Crippen molar-refractivity contribution in [3.05, 3.63) is 88.6 Å². The number of carbonyl (C=O) groups is 1. The van der Waals surface area contributed by atoms with Crippen molar-refractivity contribution in [2.75, 3.05) is 34.0 Å². The lowest BCUT2D eigenvalue weighted by atomic mass is 9.94. The molecule has 0 saturated heterocycles. The number of thiazole rings is 1. The van der Waals surface area contributed by atoms with Crippen molar-refractivity contribution in [1.29, 1.82) is 0 Å². The van der Waals surface area contributed by atoms with Gasteiger partial charge in [-0.1, -0.05) is 23.5 Å². The van der Waals surface area contributed by atoms with Gasteiger partial charge in [-0.15, -0.1) is 0 Å². The molecule has 4 rings (SSSR count). The van der Waals surface area contributed by atoms with Crippen LogP contribution in [0.25, 0.3) is 6.08 Å². The van der Waals surface area contributed by atoms with Crippen molar-refractivity contribution < 1.29 is 33.8 Å². The summed E-state index contributed by atoms with van der Waals surface area (Å²) in [5.74, 6) is -0.165. The van der Waals surface area contributed by atoms with Gasteiger partial charge in [0.2, 0.25) is 0 Å². The highest BCUT2D eigenvalue weighted by Crippen LogP contribution is 2.40. The summed E-state index contributed by atoms with van der Waals surface area (Å²) < 4.78 is 23.3. The van der Waals surface area contributed by atoms with Crippen LogP contribution in [0, 0.1) is 10.1 Å². The van der Waals surface area contributed by atoms with E-state index in [9.17, 15) is 24.8 Å². The zero-order chi connectivity index (χ0) is 29.0. The maximum absolute atomic E-state index is 13.9. The lowest BCUT2D eigenvalue weighted by molar-refractivity contribution is -0.384. The van der Waals surface area contributed by atoms with Crippen LogP contribution in [0.1, 0.15) is 31.0 Å². The van der Waals surface area contributed by atoms with Gasteiger partial charge in [-0.05, 0) is 32.1 Å². The van der Waals surface area contributed by atoms with Crippen molar-refractivity contribution in [2.24, 2.45) is 4.99 Å². The Morgan fingerprint density at radius 2 is 2.02 bits per heavy atom. The first-order valence-corrected chi connectivity index (χ1v) is 13.0. The molecule has 13 heteroatoms. The van der Waals surface area contributed by atoms with Gasteiger partial charge in [0.15, 0.2) is 16.3 Å². The summed E-state index contributed by atoms with van der Waals surface area (Å²) in [5, 5.41) is 21.6. The smallest absolute Gasteiger partial charge is 0.338 e. The molecule has 2 aromatic carbocycles. The second-order valence-electron chi connectivity index (χ2n) is 8.52. The third kappa shape index (κ3) is 5.46. The summed E-state index contributed by atoms with van der Waals surface area (Å²) in [6.45, 7) is 3.90. The van der Waals surface area contributed by atoms with Crippen LogP contribution in [0.15, 0.2) is 57.5 Å². The van der Waals surface area contributed by atoms with Crippen LogP contribution in [0.2, 0.25) is 0 Å². The number of allylic oxidation sites excluding steroid dienone is 1. The molecule has 1 aliphatic rings. The molecule has 0 bridgehead atoms. The number of carbonyl (C=O) groups excluding carboxylic acids is 1. The molecule has 12 nitrogen and oxygen atoms in total. The molecule has 0 fully saturated rings. The highest BCUT2D eigenvalue weighted by atomic mass is 32.1. The molecule has 1 aromatic heterocycles. The van der Waals surface area contributed by atoms with E-state index < -0.39 is 22.5 Å². The summed E-state index contributed by atoms with van der Waals surface area (Å²) in [7, 11) is 2.97. The Morgan fingerprint density at radius 1 is 1.25 bits per heavy atom. The summed E-state index contributed by atoms with van der Waals surface area (Å²) in [5.41, 5.74) is 0.248. The lowest BCUT2D eigenvalue weighted by Crippen LogP contribution is -2.40. The van der Waals surface area contributed by atoms with E-state index in [0.717, 1.165) is 17.4 Å². The Morgan fingerprint density at radius 3 is 2.70 bits per heavy atom. The maximum atomic E-state index is 13.9. The number of phenolic OH excluding ortho intramolecular Hbond substituents is 1. The summed E-state index contributed by atoms with van der Waals surface area (Å²) in [6, 6.07) is 7.67. The molecule has 3 aromatic rings. The van der Waals surface area contributed by atoms with E-state index in [0.29, 0.717) is 22.8 Å². The second-order valence-corrected chi connectivity index (χ2v) is 9.53. The van der Waals surface area contributed by atoms with Crippen molar-refractivity contribution in [3.63, 3.8) is 0 Å². The van der Waals surface area contributed by atoms with Crippen LogP contribution in [-0.2, 0) is 14.3 Å². The van der Waals surface area contributed by atoms with E-state index in [1.165, 1.54) is 37.0 Å². The van der Waals surface area contributed by atoms with E-state index in [1.54, 1.807) is 32.0 Å². The van der Waals surface area contributed by atoms with Gasteiger partial charge in [0.25, 0.3) is 11.2 Å². The van der Waals surface area contributed by atoms with Gasteiger partial charge in [-0.2, -0.15) is 0 Å². The fourth-order valence-electron chi connectivity index (χ4n) is 4.29. The maximum Gasteiger partial charge on any atom is 0.338 e. The fourth-order valence-corrected chi connectivity index (χ4v) is 5.33. The molecule has 40 heavy (non-hydrogen) atoms. The number of hydrogen-bond acceptors (Lipinski definition) is 11. The van der Waals surface area contributed by atoms with Gasteiger partial charge < -0.3 is 24.1 Å². The van der Waals surface area contributed by atoms with Gasteiger partial charge in [0.05, 0.1) is 41.0 Å². The van der Waals surface area contributed by atoms with Gasteiger partial charge in [-0.3, -0.25) is 19.5 Å². The van der Waals surface area contributed by atoms with Crippen molar-refractivity contribution >= 4 is 29.1 Å². The fraction of sp³-hybridized carbons (Fsp3) is 0.296. The zero-order valence-electron chi connectivity index (χ0n) is 22.2. The predicted octanol–water partition coefficient (Wildman–Crippen LogP) is 2.45. The number of aromatic nitrogens is 1. The number of methoxy groups -OCH3 is 2. The second kappa shape index (κ2) is 12.1. The van der Waals surface area contributed by atoms with Crippen molar-refractivity contribution in [1.82, 2.24) is 4.57 Å². The van der Waals surface area contributed by atoms with Crippen molar-refractivity contribution in [2.45, 2.75) is 19.9 Å². The molecule has 0 unspecified atom stereocenters. The SMILES string of the molecule is CCOc1c(OC)cccc1[C@@H]1C(C(=O)OCCOC)=C(C)N=c2s/c(=C/c3cc([N+](=O)[O-])ccc3O)c(=O)n21. The van der Waals surface area contributed by atoms with E-state index in [-0.39, 0.29) is 51.7 Å². The molecular weight excluding hydrogens is 542 g/mol. The highest BCUT2D eigenvalue weighted by Gasteiger charge is 2.36. The first-order valence-electron chi connectivity index (χ1n) is 12.2. The third-order valence-electron chi connectivity index (χ3n) is 6.08. The molecule has 1 N–H and O–H groups in total. The van der Waals surface area contributed by atoms with Gasteiger partial charge in [-0.25, -0.2) is 9.79 Å². The molecule has 0 aliphatic carbocycles. The number of ether oxygens (including phenoxy) is 4. The number of benzene rings is 2. The van der Waals surface area contributed by atoms with Crippen LogP contribution < -0.4 is 24.4 Å². The van der Waals surface area contributed by atoms with E-state index in [4.69, 9.17) is 18.9 Å². The molecule has 1 aliphatic heterocycles. The Kier molecular flexibility index (Phi) is 8.65. The zero-order valence-corrected chi connectivity index (χ0v) is 23.0. The molecule has 0 saturated carbocycles. The number of fused-ring (bicyclic) bond motifs is 1. The largest absolute Gasteiger partial charge is 0.507 e. The van der Waals surface area contributed by atoms with E-state index in [1.807, 2.05) is 0 Å². The van der Waals surface area contributed by atoms with Gasteiger partial charge in [0.1, 0.15) is 18.4 Å². The Labute approximate surface area is 232 Å². The first-order chi connectivity index (χ1) is 19.2. The number of nitro groups is 1. The molecule has 1 atom stereocenters. The third-order valence-corrected chi connectivity index (χ3v) is 7.07. The monoisotopic (exact) mass is 569 g/mol. The molecule has 0 radical (unpaired) electrons. The Hall–Kier alpha value is -4.49. The quantitative estimate of drug-likeness (QED) is 0.168. The topological polar surface area (TPSA) is 152 Å².